The van der Waals surface area contributed by atoms with E-state index in [9.17, 15) is 0 Å². The third-order valence-corrected chi connectivity index (χ3v) is 9.14. The average Bonchev–Trinajstić information content (AvgIpc) is 3.44. The molecular weight excluding hydrogens is 544 g/mol. The molecule has 210 valence electrons. The van der Waals surface area contributed by atoms with Crippen LogP contribution in [-0.2, 0) is 0 Å². The van der Waals surface area contributed by atoms with E-state index in [4.69, 9.17) is 9.97 Å². The summed E-state index contributed by atoms with van der Waals surface area (Å²) in [5.41, 5.74) is 12.0. The van der Waals surface area contributed by atoms with Crippen LogP contribution in [0, 0.1) is 0 Å². The van der Waals surface area contributed by atoms with Gasteiger partial charge in [0, 0.05) is 16.7 Å². The first-order valence-corrected chi connectivity index (χ1v) is 15.5. The maximum atomic E-state index is 5.50. The van der Waals surface area contributed by atoms with E-state index in [0.29, 0.717) is 0 Å². The zero-order valence-electron chi connectivity index (χ0n) is 24.6. The summed E-state index contributed by atoms with van der Waals surface area (Å²) in [6.07, 6.45) is 0. The van der Waals surface area contributed by atoms with Crippen molar-refractivity contribution in [3.05, 3.63) is 181 Å². The second-order valence-corrected chi connectivity index (χ2v) is 11.7. The van der Waals surface area contributed by atoms with Crippen LogP contribution >= 0.6 is 0 Å². The SMILES string of the molecule is c1ccc(-c2nc3c(nc2-c2ccccc2)C(c2ccccc2)c2ccc(-c4cccc5c4ccc4ccccc45)cc2-3)cc1. The van der Waals surface area contributed by atoms with Gasteiger partial charge < -0.3 is 0 Å². The number of nitrogens with zero attached hydrogens (tertiary/aromatic N) is 2. The molecule has 0 amide bonds. The van der Waals surface area contributed by atoms with Crippen LogP contribution < -0.4 is 0 Å². The molecule has 2 nitrogen and oxygen atoms in total. The maximum Gasteiger partial charge on any atom is 0.0973 e. The van der Waals surface area contributed by atoms with E-state index in [-0.39, 0.29) is 5.92 Å². The maximum absolute atomic E-state index is 5.50. The summed E-state index contributed by atoms with van der Waals surface area (Å²) in [5.74, 6) is 0.00139. The Bertz CT molecular complexity index is 2360. The van der Waals surface area contributed by atoms with Gasteiger partial charge in [0.1, 0.15) is 0 Å². The second kappa shape index (κ2) is 10.4. The smallest absolute Gasteiger partial charge is 0.0973 e. The molecule has 1 aliphatic carbocycles. The molecule has 0 radical (unpaired) electrons. The van der Waals surface area contributed by atoms with E-state index in [1.807, 2.05) is 12.1 Å². The topological polar surface area (TPSA) is 25.8 Å². The van der Waals surface area contributed by atoms with Crippen LogP contribution in [0.2, 0.25) is 0 Å². The van der Waals surface area contributed by atoms with E-state index < -0.39 is 0 Å². The Morgan fingerprint density at radius 3 is 1.78 bits per heavy atom. The van der Waals surface area contributed by atoms with Gasteiger partial charge in [-0.3, -0.25) is 0 Å². The number of aromatic nitrogens is 2. The van der Waals surface area contributed by atoms with Gasteiger partial charge in [-0.05, 0) is 49.9 Å². The van der Waals surface area contributed by atoms with E-state index >= 15 is 0 Å². The molecule has 45 heavy (non-hydrogen) atoms. The van der Waals surface area contributed by atoms with E-state index in [1.165, 1.54) is 43.8 Å². The summed E-state index contributed by atoms with van der Waals surface area (Å²) in [4.78, 5) is 11.0. The lowest BCUT2D eigenvalue weighted by Gasteiger charge is -2.16. The quantitative estimate of drug-likeness (QED) is 0.196. The van der Waals surface area contributed by atoms with Gasteiger partial charge in [-0.15, -0.1) is 0 Å². The van der Waals surface area contributed by atoms with Crippen LogP contribution in [0.4, 0.5) is 0 Å². The Balaban J connectivity index is 1.31. The molecule has 2 heteroatoms. The van der Waals surface area contributed by atoms with E-state index in [2.05, 4.69) is 152 Å². The highest BCUT2D eigenvalue weighted by Gasteiger charge is 2.34. The molecule has 1 atom stereocenters. The third-order valence-electron chi connectivity index (χ3n) is 9.14. The summed E-state index contributed by atoms with van der Waals surface area (Å²) in [6, 6.07) is 58.3. The minimum absolute atomic E-state index is 0.00139. The standard InChI is InChI=1S/C43H28N2/c1-4-14-29(15-5-1)39-37-26-24-32(34-21-12-22-35-33-20-11-10-13-28(33)23-25-36(34)35)27-38(37)42-43(39)45-41(31-18-8-3-9-19-31)40(44-42)30-16-6-2-7-17-30/h1-27,39H. The molecule has 0 aliphatic heterocycles. The highest BCUT2D eigenvalue weighted by Crippen LogP contribution is 2.49. The Hall–Kier alpha value is -5.86. The van der Waals surface area contributed by atoms with Gasteiger partial charge in [0.05, 0.1) is 28.7 Å². The van der Waals surface area contributed by atoms with Crippen molar-refractivity contribution >= 4 is 21.5 Å². The first-order valence-electron chi connectivity index (χ1n) is 15.5. The number of hydrogen-bond acceptors (Lipinski definition) is 2. The average molecular weight is 573 g/mol. The van der Waals surface area contributed by atoms with Crippen LogP contribution in [0.25, 0.3) is 66.4 Å². The highest BCUT2D eigenvalue weighted by molar-refractivity contribution is 6.12. The highest BCUT2D eigenvalue weighted by atomic mass is 14.9. The first-order chi connectivity index (χ1) is 22.3. The van der Waals surface area contributed by atoms with Crippen molar-refractivity contribution in [2.75, 3.05) is 0 Å². The van der Waals surface area contributed by atoms with Gasteiger partial charge in [-0.2, -0.15) is 0 Å². The van der Waals surface area contributed by atoms with Crippen molar-refractivity contribution in [2.45, 2.75) is 5.92 Å². The van der Waals surface area contributed by atoms with Gasteiger partial charge in [0.2, 0.25) is 0 Å². The minimum Gasteiger partial charge on any atom is -0.247 e. The Labute approximate surface area is 262 Å². The van der Waals surface area contributed by atoms with Gasteiger partial charge in [0.15, 0.2) is 0 Å². The zero-order chi connectivity index (χ0) is 29.7. The summed E-state index contributed by atoms with van der Waals surface area (Å²) in [6.45, 7) is 0. The molecule has 1 unspecified atom stereocenters. The molecule has 1 aromatic heterocycles. The summed E-state index contributed by atoms with van der Waals surface area (Å²) >= 11 is 0. The first kappa shape index (κ1) is 25.6. The Morgan fingerprint density at radius 2 is 1.02 bits per heavy atom. The van der Waals surface area contributed by atoms with Crippen molar-refractivity contribution in [1.29, 1.82) is 0 Å². The molecule has 1 aliphatic rings. The van der Waals surface area contributed by atoms with Gasteiger partial charge >= 0.3 is 0 Å². The molecule has 9 rings (SSSR count). The molecule has 0 saturated carbocycles. The number of fused-ring (bicyclic) bond motifs is 6. The molecule has 7 aromatic carbocycles. The zero-order valence-corrected chi connectivity index (χ0v) is 24.6. The number of hydrogen-bond donors (Lipinski definition) is 0. The van der Waals surface area contributed by atoms with Crippen molar-refractivity contribution in [1.82, 2.24) is 9.97 Å². The summed E-state index contributed by atoms with van der Waals surface area (Å²) in [7, 11) is 0. The van der Waals surface area contributed by atoms with Crippen molar-refractivity contribution in [3.63, 3.8) is 0 Å². The monoisotopic (exact) mass is 572 g/mol. The molecule has 0 bridgehead atoms. The minimum atomic E-state index is 0.00139. The molecule has 0 spiro atoms. The molecule has 0 fully saturated rings. The number of rotatable bonds is 4. The van der Waals surface area contributed by atoms with Crippen LogP contribution in [0.1, 0.15) is 22.7 Å². The van der Waals surface area contributed by atoms with Crippen molar-refractivity contribution < 1.29 is 0 Å². The lowest BCUT2D eigenvalue weighted by Crippen LogP contribution is -2.04. The van der Waals surface area contributed by atoms with Gasteiger partial charge in [0.25, 0.3) is 0 Å². The molecule has 1 heterocycles. The Morgan fingerprint density at radius 1 is 0.378 bits per heavy atom. The van der Waals surface area contributed by atoms with Crippen LogP contribution in [0.3, 0.4) is 0 Å². The fraction of sp³-hybridized carbons (Fsp3) is 0.0233. The van der Waals surface area contributed by atoms with Crippen molar-refractivity contribution in [3.8, 4) is 44.9 Å². The summed E-state index contributed by atoms with van der Waals surface area (Å²) in [5, 5.41) is 5.06. The molecule has 8 aromatic rings. The predicted octanol–water partition coefficient (Wildman–Crippen LogP) is 10.9. The van der Waals surface area contributed by atoms with Gasteiger partial charge in [-0.25, -0.2) is 9.97 Å². The van der Waals surface area contributed by atoms with Crippen LogP contribution in [0.5, 0.6) is 0 Å². The summed E-state index contributed by atoms with van der Waals surface area (Å²) < 4.78 is 0. The molecular formula is C43H28N2. The lowest BCUT2D eigenvalue weighted by molar-refractivity contribution is 0.947. The van der Waals surface area contributed by atoms with Crippen LogP contribution in [-0.4, -0.2) is 9.97 Å². The largest absolute Gasteiger partial charge is 0.247 e. The normalized spacial score (nSPS) is 13.6. The van der Waals surface area contributed by atoms with Crippen LogP contribution in [0.15, 0.2) is 164 Å². The fourth-order valence-electron chi connectivity index (χ4n) is 7.05. The van der Waals surface area contributed by atoms with E-state index in [1.54, 1.807) is 0 Å². The van der Waals surface area contributed by atoms with Gasteiger partial charge in [-0.1, -0.05) is 158 Å². The number of benzene rings is 7. The third kappa shape index (κ3) is 4.18. The molecule has 0 N–H and O–H groups in total. The second-order valence-electron chi connectivity index (χ2n) is 11.7. The Kier molecular flexibility index (Phi) is 5.92. The van der Waals surface area contributed by atoms with E-state index in [0.717, 1.165) is 39.5 Å². The predicted molar refractivity (Wildman–Crippen MR) is 186 cm³/mol. The lowest BCUT2D eigenvalue weighted by atomic mass is 9.89. The molecule has 0 saturated heterocycles. The fourth-order valence-corrected chi connectivity index (χ4v) is 7.05. The van der Waals surface area contributed by atoms with Crippen molar-refractivity contribution in [2.24, 2.45) is 0 Å².